The Kier molecular flexibility index (Phi) is 6.15. The lowest BCUT2D eigenvalue weighted by Gasteiger charge is -2.28. The van der Waals surface area contributed by atoms with E-state index in [9.17, 15) is 9.59 Å². The fourth-order valence-corrected chi connectivity index (χ4v) is 3.83. The van der Waals surface area contributed by atoms with Gasteiger partial charge >= 0.3 is 5.97 Å². The van der Waals surface area contributed by atoms with Gasteiger partial charge < -0.3 is 20.1 Å². The highest BCUT2D eigenvalue weighted by Crippen LogP contribution is 2.41. The molecule has 0 saturated carbocycles. The van der Waals surface area contributed by atoms with Gasteiger partial charge in [0.1, 0.15) is 11.8 Å². The maximum Gasteiger partial charge on any atom is 0.329 e. The highest BCUT2D eigenvalue weighted by atomic mass is 32.2. The Balaban J connectivity index is 2.08. The van der Waals surface area contributed by atoms with Crippen molar-refractivity contribution in [2.24, 2.45) is 0 Å². The molecule has 0 fully saturated rings. The Hall–Kier alpha value is -1.89. The van der Waals surface area contributed by atoms with E-state index in [-0.39, 0.29) is 11.2 Å². The number of methoxy groups -OCH3 is 2. The number of rotatable bonds is 6. The molecule has 2 atom stereocenters. The topological polar surface area (TPSA) is 76.7 Å². The number of nitrogens with one attached hydrogen (secondary N) is 2. The second-order valence-corrected chi connectivity index (χ2v) is 6.50. The van der Waals surface area contributed by atoms with Crippen LogP contribution in [0.2, 0.25) is 0 Å². The number of fused-ring (bicyclic) bond motifs is 1. The van der Waals surface area contributed by atoms with Crippen LogP contribution in [0.3, 0.4) is 0 Å². The number of hydrogen-bond donors (Lipinski definition) is 2. The second kappa shape index (κ2) is 8.10. The third kappa shape index (κ3) is 4.54. The third-order valence-corrected chi connectivity index (χ3v) is 5.07. The average molecular weight is 338 g/mol. The summed E-state index contributed by atoms with van der Waals surface area (Å²) in [6.07, 6.45) is 0.943. The molecule has 23 heavy (non-hydrogen) atoms. The standard InChI is InChI=1S/C16H22N2O4S/c1-10(19)18-14(16(20)22-3)9-23-15-6-7-17-13-5-4-11(21-2)8-12(13)15/h4-5,8,14-15,17H,6-7,9H2,1-3H3,(H,18,19). The first kappa shape index (κ1) is 17.5. The van der Waals surface area contributed by atoms with E-state index in [1.165, 1.54) is 14.0 Å². The Bertz CT molecular complexity index is 579. The van der Waals surface area contributed by atoms with Crippen LogP contribution >= 0.6 is 11.8 Å². The van der Waals surface area contributed by atoms with Crippen molar-refractivity contribution in [1.29, 1.82) is 0 Å². The number of carbonyl (C=O) groups is 2. The maximum atomic E-state index is 11.8. The van der Waals surface area contributed by atoms with Gasteiger partial charge in [-0.3, -0.25) is 4.79 Å². The Morgan fingerprint density at radius 1 is 1.43 bits per heavy atom. The third-order valence-electron chi connectivity index (χ3n) is 3.65. The first-order valence-corrected chi connectivity index (χ1v) is 8.48. The molecule has 1 aromatic rings. The van der Waals surface area contributed by atoms with Crippen molar-refractivity contribution in [3.63, 3.8) is 0 Å². The highest BCUT2D eigenvalue weighted by Gasteiger charge is 2.26. The summed E-state index contributed by atoms with van der Waals surface area (Å²) in [7, 11) is 2.97. The zero-order chi connectivity index (χ0) is 16.8. The average Bonchev–Trinajstić information content (AvgIpc) is 2.56. The lowest BCUT2D eigenvalue weighted by Crippen LogP contribution is -2.42. The van der Waals surface area contributed by atoms with Crippen LogP contribution in [0, 0.1) is 0 Å². The van der Waals surface area contributed by atoms with E-state index >= 15 is 0 Å². The molecule has 0 aromatic heterocycles. The van der Waals surface area contributed by atoms with E-state index in [2.05, 4.69) is 10.6 Å². The number of anilines is 1. The first-order valence-electron chi connectivity index (χ1n) is 7.43. The fraction of sp³-hybridized carbons (Fsp3) is 0.500. The van der Waals surface area contributed by atoms with Gasteiger partial charge in [-0.2, -0.15) is 11.8 Å². The van der Waals surface area contributed by atoms with Gasteiger partial charge in [0, 0.05) is 30.2 Å². The van der Waals surface area contributed by atoms with Crippen LogP contribution in [0.25, 0.3) is 0 Å². The Labute approximate surface area is 140 Å². The summed E-state index contributed by atoms with van der Waals surface area (Å²) in [6.45, 7) is 2.27. The molecule has 1 aliphatic heterocycles. The molecule has 2 unspecified atom stereocenters. The van der Waals surface area contributed by atoms with Crippen molar-refractivity contribution < 1.29 is 19.1 Å². The number of carbonyl (C=O) groups excluding carboxylic acids is 2. The molecule has 126 valence electrons. The van der Waals surface area contributed by atoms with Crippen molar-refractivity contribution in [1.82, 2.24) is 5.32 Å². The number of hydrogen-bond acceptors (Lipinski definition) is 6. The van der Waals surface area contributed by atoms with E-state index in [0.29, 0.717) is 5.75 Å². The molecule has 6 nitrogen and oxygen atoms in total. The zero-order valence-electron chi connectivity index (χ0n) is 13.5. The Morgan fingerprint density at radius 3 is 2.87 bits per heavy atom. The maximum absolute atomic E-state index is 11.8. The van der Waals surface area contributed by atoms with Crippen LogP contribution in [-0.4, -0.2) is 44.4 Å². The van der Waals surface area contributed by atoms with Crippen molar-refractivity contribution >= 4 is 29.3 Å². The van der Waals surface area contributed by atoms with Gasteiger partial charge in [-0.15, -0.1) is 0 Å². The molecular formula is C16H22N2O4S. The van der Waals surface area contributed by atoms with Crippen molar-refractivity contribution in [3.05, 3.63) is 23.8 Å². The second-order valence-electron chi connectivity index (χ2n) is 5.27. The molecule has 2 rings (SSSR count). The number of esters is 1. The van der Waals surface area contributed by atoms with Crippen molar-refractivity contribution in [2.75, 3.05) is 31.8 Å². The number of ether oxygens (including phenoxy) is 2. The summed E-state index contributed by atoms with van der Waals surface area (Å²) in [6, 6.07) is 5.32. The predicted octanol–water partition coefficient (Wildman–Crippen LogP) is 1.96. The lowest BCUT2D eigenvalue weighted by atomic mass is 10.0. The summed E-state index contributed by atoms with van der Waals surface area (Å²) in [5.41, 5.74) is 2.25. The summed E-state index contributed by atoms with van der Waals surface area (Å²) >= 11 is 1.64. The van der Waals surface area contributed by atoms with Gasteiger partial charge in [0.2, 0.25) is 5.91 Å². The highest BCUT2D eigenvalue weighted by molar-refractivity contribution is 7.99. The minimum Gasteiger partial charge on any atom is -0.497 e. The van der Waals surface area contributed by atoms with E-state index in [0.717, 1.165) is 30.0 Å². The van der Waals surface area contributed by atoms with E-state index < -0.39 is 12.0 Å². The summed E-state index contributed by atoms with van der Waals surface area (Å²) in [4.78, 5) is 23.0. The van der Waals surface area contributed by atoms with Crippen LogP contribution in [0.4, 0.5) is 5.69 Å². The molecule has 1 heterocycles. The number of amides is 1. The molecule has 0 saturated heterocycles. The van der Waals surface area contributed by atoms with E-state index in [4.69, 9.17) is 9.47 Å². The minimum absolute atomic E-state index is 0.238. The van der Waals surface area contributed by atoms with Crippen LogP contribution in [0.5, 0.6) is 5.75 Å². The number of thioether (sulfide) groups is 1. The SMILES string of the molecule is COC(=O)C(CSC1CCNc2ccc(OC)cc21)NC(C)=O. The number of benzene rings is 1. The van der Waals surface area contributed by atoms with E-state index in [1.54, 1.807) is 18.9 Å². The van der Waals surface area contributed by atoms with Crippen LogP contribution in [0.1, 0.15) is 24.2 Å². The van der Waals surface area contributed by atoms with Crippen LogP contribution < -0.4 is 15.4 Å². The molecule has 1 aliphatic rings. The zero-order valence-corrected chi connectivity index (χ0v) is 14.4. The minimum atomic E-state index is -0.633. The van der Waals surface area contributed by atoms with Gasteiger partial charge in [0.05, 0.1) is 14.2 Å². The molecular weight excluding hydrogens is 316 g/mol. The van der Waals surface area contributed by atoms with Gasteiger partial charge in [0.25, 0.3) is 0 Å². The summed E-state index contributed by atoms with van der Waals surface area (Å²) < 4.78 is 10.1. The predicted molar refractivity (Wildman–Crippen MR) is 90.9 cm³/mol. The molecule has 0 aliphatic carbocycles. The van der Waals surface area contributed by atoms with E-state index in [1.807, 2.05) is 18.2 Å². The van der Waals surface area contributed by atoms with Crippen molar-refractivity contribution in [2.45, 2.75) is 24.6 Å². The fourth-order valence-electron chi connectivity index (χ4n) is 2.53. The molecule has 0 spiro atoms. The largest absolute Gasteiger partial charge is 0.497 e. The van der Waals surface area contributed by atoms with Gasteiger partial charge in [-0.25, -0.2) is 4.79 Å². The Morgan fingerprint density at radius 2 is 2.22 bits per heavy atom. The summed E-state index contributed by atoms with van der Waals surface area (Å²) in [5, 5.41) is 6.25. The smallest absolute Gasteiger partial charge is 0.329 e. The van der Waals surface area contributed by atoms with Crippen molar-refractivity contribution in [3.8, 4) is 5.75 Å². The molecule has 2 N–H and O–H groups in total. The molecule has 0 radical (unpaired) electrons. The first-order chi connectivity index (χ1) is 11.0. The lowest BCUT2D eigenvalue weighted by molar-refractivity contribution is -0.144. The van der Waals surface area contributed by atoms with Gasteiger partial charge in [-0.1, -0.05) is 0 Å². The van der Waals surface area contributed by atoms with Crippen LogP contribution in [-0.2, 0) is 14.3 Å². The summed E-state index contributed by atoms with van der Waals surface area (Å²) in [5.74, 6) is 0.610. The van der Waals surface area contributed by atoms with Crippen LogP contribution in [0.15, 0.2) is 18.2 Å². The normalized spacial score (nSPS) is 17.4. The molecule has 7 heteroatoms. The van der Waals surface area contributed by atoms with Gasteiger partial charge in [-0.05, 0) is 30.2 Å². The molecule has 1 amide bonds. The molecule has 1 aromatic carbocycles. The van der Waals surface area contributed by atoms with Gasteiger partial charge in [0.15, 0.2) is 0 Å². The quantitative estimate of drug-likeness (QED) is 0.772. The monoisotopic (exact) mass is 338 g/mol. The molecule has 0 bridgehead atoms.